The molecule has 0 radical (unpaired) electrons. The first-order valence-corrected chi connectivity index (χ1v) is 6.29. The first-order valence-electron chi connectivity index (χ1n) is 6.29. The number of rotatable bonds is 9. The number of aliphatic hydroxyl groups is 1. The Balaban J connectivity index is 3.86. The van der Waals surface area contributed by atoms with Crippen molar-refractivity contribution < 1.29 is 14.6 Å². The molecule has 4 heteroatoms. The zero-order valence-electron chi connectivity index (χ0n) is 11.2. The molecule has 0 unspecified atom stereocenters. The topological polar surface area (TPSA) is 58.6 Å². The van der Waals surface area contributed by atoms with Crippen molar-refractivity contribution in [1.82, 2.24) is 5.32 Å². The van der Waals surface area contributed by atoms with Crippen LogP contribution in [-0.2, 0) is 9.53 Å². The Hall–Kier alpha value is -0.870. The van der Waals surface area contributed by atoms with Crippen LogP contribution in [0, 0.1) is 5.41 Å². The van der Waals surface area contributed by atoms with Crippen molar-refractivity contribution in [1.29, 1.82) is 0 Å². The molecule has 0 aromatic heterocycles. The summed E-state index contributed by atoms with van der Waals surface area (Å²) in [6, 6.07) is 0. The van der Waals surface area contributed by atoms with Gasteiger partial charge < -0.3 is 15.2 Å². The smallest absolute Gasteiger partial charge is 0.330 e. The molecule has 0 fully saturated rings. The van der Waals surface area contributed by atoms with Crippen LogP contribution in [0.2, 0.25) is 0 Å². The summed E-state index contributed by atoms with van der Waals surface area (Å²) in [5, 5.41) is 12.6. The Morgan fingerprint density at radius 3 is 2.47 bits per heavy atom. The van der Waals surface area contributed by atoms with Crippen LogP contribution in [0.4, 0.5) is 0 Å². The summed E-state index contributed by atoms with van der Waals surface area (Å²) in [6.45, 7) is 7.89. The highest BCUT2D eigenvalue weighted by Gasteiger charge is 2.24. The van der Waals surface area contributed by atoms with Gasteiger partial charge in [-0.25, -0.2) is 4.79 Å². The number of carbonyl (C=O) groups excluding carboxylic acids is 1. The van der Waals surface area contributed by atoms with Gasteiger partial charge in [0.25, 0.3) is 0 Å². The van der Waals surface area contributed by atoms with Gasteiger partial charge in [0, 0.05) is 31.2 Å². The maximum atomic E-state index is 11.0. The molecule has 0 aliphatic carbocycles. The summed E-state index contributed by atoms with van der Waals surface area (Å²) in [5.74, 6) is -0.311. The van der Waals surface area contributed by atoms with E-state index >= 15 is 0 Å². The third kappa shape index (κ3) is 6.44. The minimum Gasteiger partial charge on any atom is -0.463 e. The van der Waals surface area contributed by atoms with E-state index < -0.39 is 0 Å². The fourth-order valence-electron chi connectivity index (χ4n) is 1.55. The molecule has 0 rings (SSSR count). The molecule has 0 saturated carbocycles. The number of hydrogen-bond acceptors (Lipinski definition) is 4. The van der Waals surface area contributed by atoms with E-state index in [1.165, 1.54) is 6.08 Å². The normalized spacial score (nSPS) is 12.0. The summed E-state index contributed by atoms with van der Waals surface area (Å²) in [6.07, 6.45) is 5.05. The summed E-state index contributed by atoms with van der Waals surface area (Å²) < 4.78 is 4.76. The van der Waals surface area contributed by atoms with Crippen LogP contribution in [-0.4, -0.2) is 37.4 Å². The zero-order chi connectivity index (χ0) is 13.1. The molecule has 0 heterocycles. The SMILES string of the molecule is CCOC(=O)/C=C/CNCC(CC)(CC)CO. The molecule has 2 N–H and O–H groups in total. The van der Waals surface area contributed by atoms with Crippen LogP contribution in [0.3, 0.4) is 0 Å². The molecule has 0 bridgehead atoms. The van der Waals surface area contributed by atoms with Gasteiger partial charge in [0.15, 0.2) is 0 Å². The Kier molecular flexibility index (Phi) is 8.72. The Bertz CT molecular complexity index is 227. The molecule has 0 amide bonds. The van der Waals surface area contributed by atoms with Gasteiger partial charge in [0.05, 0.1) is 6.61 Å². The van der Waals surface area contributed by atoms with Crippen LogP contribution >= 0.6 is 0 Å². The highest BCUT2D eigenvalue weighted by Crippen LogP contribution is 2.24. The molecule has 0 atom stereocenters. The van der Waals surface area contributed by atoms with E-state index in [4.69, 9.17) is 4.74 Å². The first kappa shape index (κ1) is 16.1. The quantitative estimate of drug-likeness (QED) is 0.366. The van der Waals surface area contributed by atoms with Crippen LogP contribution < -0.4 is 5.32 Å². The molecule has 17 heavy (non-hydrogen) atoms. The first-order chi connectivity index (χ1) is 8.14. The third-order valence-electron chi connectivity index (χ3n) is 3.14. The van der Waals surface area contributed by atoms with Gasteiger partial charge in [-0.15, -0.1) is 0 Å². The Morgan fingerprint density at radius 2 is 2.00 bits per heavy atom. The van der Waals surface area contributed by atoms with Gasteiger partial charge in [-0.05, 0) is 19.8 Å². The lowest BCUT2D eigenvalue weighted by atomic mass is 9.83. The maximum Gasteiger partial charge on any atom is 0.330 e. The van der Waals surface area contributed by atoms with Gasteiger partial charge in [-0.1, -0.05) is 19.9 Å². The van der Waals surface area contributed by atoms with Gasteiger partial charge in [0.1, 0.15) is 0 Å². The number of hydrogen-bond donors (Lipinski definition) is 2. The van der Waals surface area contributed by atoms with E-state index in [0.29, 0.717) is 13.2 Å². The van der Waals surface area contributed by atoms with Crippen LogP contribution in [0.5, 0.6) is 0 Å². The second-order valence-electron chi connectivity index (χ2n) is 4.15. The molecule has 0 aliphatic heterocycles. The fraction of sp³-hybridized carbons (Fsp3) is 0.769. The average molecular weight is 243 g/mol. The zero-order valence-corrected chi connectivity index (χ0v) is 11.2. The van der Waals surface area contributed by atoms with Crippen molar-refractivity contribution in [3.05, 3.63) is 12.2 Å². The lowest BCUT2D eigenvalue weighted by Crippen LogP contribution is -2.36. The number of esters is 1. The second-order valence-corrected chi connectivity index (χ2v) is 4.15. The molecule has 0 spiro atoms. The van der Waals surface area contributed by atoms with E-state index in [0.717, 1.165) is 19.4 Å². The maximum absolute atomic E-state index is 11.0. The Labute approximate surface area is 104 Å². The molecule has 0 saturated heterocycles. The predicted octanol–water partition coefficient (Wildman–Crippen LogP) is 1.49. The number of ether oxygens (including phenoxy) is 1. The van der Waals surface area contributed by atoms with Crippen LogP contribution in [0.1, 0.15) is 33.6 Å². The fourth-order valence-corrected chi connectivity index (χ4v) is 1.55. The highest BCUT2D eigenvalue weighted by molar-refractivity contribution is 5.81. The van der Waals surface area contributed by atoms with Gasteiger partial charge in [0.2, 0.25) is 0 Å². The summed E-state index contributed by atoms with van der Waals surface area (Å²) in [5.41, 5.74) is -0.0439. The van der Waals surface area contributed by atoms with Crippen molar-refractivity contribution in [3.63, 3.8) is 0 Å². The van der Waals surface area contributed by atoms with E-state index in [9.17, 15) is 9.90 Å². The molecule has 0 aromatic carbocycles. The molecule has 100 valence electrons. The van der Waals surface area contributed by atoms with Gasteiger partial charge in [-0.2, -0.15) is 0 Å². The minimum atomic E-state index is -0.311. The van der Waals surface area contributed by atoms with Crippen molar-refractivity contribution in [2.45, 2.75) is 33.6 Å². The van der Waals surface area contributed by atoms with Crippen molar-refractivity contribution in [3.8, 4) is 0 Å². The summed E-state index contributed by atoms with van der Waals surface area (Å²) in [7, 11) is 0. The van der Waals surface area contributed by atoms with Gasteiger partial charge in [-0.3, -0.25) is 0 Å². The molecule has 4 nitrogen and oxygen atoms in total. The second kappa shape index (κ2) is 9.19. The van der Waals surface area contributed by atoms with Gasteiger partial charge >= 0.3 is 5.97 Å². The molecular weight excluding hydrogens is 218 g/mol. The monoisotopic (exact) mass is 243 g/mol. The largest absolute Gasteiger partial charge is 0.463 e. The Morgan fingerprint density at radius 1 is 1.35 bits per heavy atom. The molecule has 0 aromatic rings. The lowest BCUT2D eigenvalue weighted by molar-refractivity contribution is -0.137. The summed E-state index contributed by atoms with van der Waals surface area (Å²) >= 11 is 0. The van der Waals surface area contributed by atoms with Crippen molar-refractivity contribution >= 4 is 5.97 Å². The third-order valence-corrected chi connectivity index (χ3v) is 3.14. The van der Waals surface area contributed by atoms with Crippen LogP contribution in [0.15, 0.2) is 12.2 Å². The van der Waals surface area contributed by atoms with E-state index in [-0.39, 0.29) is 18.0 Å². The molecular formula is C13H25NO3. The number of nitrogens with one attached hydrogen (secondary N) is 1. The van der Waals surface area contributed by atoms with Crippen molar-refractivity contribution in [2.24, 2.45) is 5.41 Å². The van der Waals surface area contributed by atoms with E-state index in [2.05, 4.69) is 19.2 Å². The number of aliphatic hydroxyl groups excluding tert-OH is 1. The summed E-state index contributed by atoms with van der Waals surface area (Å²) in [4.78, 5) is 11.0. The average Bonchev–Trinajstić information content (AvgIpc) is 2.35. The minimum absolute atomic E-state index is 0.0439. The number of carbonyl (C=O) groups is 1. The standard InChI is InChI=1S/C13H25NO3/c1-4-13(5-2,11-15)10-14-9-7-8-12(16)17-6-3/h7-8,14-15H,4-6,9-11H2,1-3H3/b8-7+. The van der Waals surface area contributed by atoms with Crippen LogP contribution in [0.25, 0.3) is 0 Å². The predicted molar refractivity (Wildman–Crippen MR) is 68.7 cm³/mol. The van der Waals surface area contributed by atoms with E-state index in [1.54, 1.807) is 13.0 Å². The lowest BCUT2D eigenvalue weighted by Gasteiger charge is -2.29. The van der Waals surface area contributed by atoms with Crippen molar-refractivity contribution in [2.75, 3.05) is 26.3 Å². The highest BCUT2D eigenvalue weighted by atomic mass is 16.5. The molecule has 0 aliphatic rings. The van der Waals surface area contributed by atoms with E-state index in [1.807, 2.05) is 0 Å².